The zero-order chi connectivity index (χ0) is 25.3. The first-order valence-corrected chi connectivity index (χ1v) is 12.9. The number of rotatable bonds is 6. The number of nitriles is 1. The summed E-state index contributed by atoms with van der Waals surface area (Å²) in [6.45, 7) is 10.8. The van der Waals surface area contributed by atoms with Gasteiger partial charge in [-0.15, -0.1) is 0 Å². The average Bonchev–Trinajstić information content (AvgIpc) is 3.30. The lowest BCUT2D eigenvalue weighted by Gasteiger charge is -2.45. The fourth-order valence-electron chi connectivity index (χ4n) is 5.43. The Labute approximate surface area is 226 Å². The number of nitrogens with zero attached hydrogens (tertiary/aromatic N) is 7. The molecule has 9 nitrogen and oxygen atoms in total. The van der Waals surface area contributed by atoms with Gasteiger partial charge in [0.1, 0.15) is 17.6 Å². The number of likely N-dealkylation sites (N-methyl/N-ethyl adjacent to an activating group) is 1. The van der Waals surface area contributed by atoms with E-state index in [1.165, 1.54) is 0 Å². The summed E-state index contributed by atoms with van der Waals surface area (Å²) >= 11 is 0. The predicted molar refractivity (Wildman–Crippen MR) is 152 cm³/mol. The molecule has 3 aromatic heterocycles. The van der Waals surface area contributed by atoms with E-state index in [2.05, 4.69) is 52.0 Å². The Morgan fingerprint density at radius 2 is 1.97 bits per heavy atom. The quantitative estimate of drug-likeness (QED) is 0.528. The molecule has 2 aliphatic rings. The van der Waals surface area contributed by atoms with Crippen molar-refractivity contribution >= 4 is 24.8 Å². The van der Waals surface area contributed by atoms with Crippen molar-refractivity contribution in [3.05, 3.63) is 42.4 Å². The van der Waals surface area contributed by atoms with Gasteiger partial charge in [0.05, 0.1) is 30.1 Å². The summed E-state index contributed by atoms with van der Waals surface area (Å²) in [4.78, 5) is 12.1. The van der Waals surface area contributed by atoms with Crippen molar-refractivity contribution in [3.63, 3.8) is 0 Å². The summed E-state index contributed by atoms with van der Waals surface area (Å²) in [5.41, 5.74) is 9.83. The number of anilines is 1. The number of piperidine rings is 1. The van der Waals surface area contributed by atoms with Gasteiger partial charge in [0, 0.05) is 68.2 Å². The van der Waals surface area contributed by atoms with Crippen LogP contribution in [-0.4, -0.2) is 88.9 Å². The molecule has 37 heavy (non-hydrogen) atoms. The maximum absolute atomic E-state index is 9.58. The van der Waals surface area contributed by atoms with Crippen LogP contribution in [0.25, 0.3) is 16.6 Å². The highest BCUT2D eigenvalue weighted by Crippen LogP contribution is 2.32. The average molecular weight is 523 g/mol. The molecule has 0 saturated carbocycles. The van der Waals surface area contributed by atoms with E-state index in [0.29, 0.717) is 24.0 Å². The van der Waals surface area contributed by atoms with Gasteiger partial charge < -0.3 is 20.3 Å². The lowest BCUT2D eigenvalue weighted by atomic mass is 9.87. The number of piperazine rings is 1. The minimum absolute atomic E-state index is 0. The van der Waals surface area contributed by atoms with Crippen molar-refractivity contribution in [1.29, 1.82) is 5.26 Å². The van der Waals surface area contributed by atoms with Crippen LogP contribution in [0.5, 0.6) is 5.75 Å². The Morgan fingerprint density at radius 1 is 1.19 bits per heavy atom. The third kappa shape index (κ3) is 5.70. The highest BCUT2D eigenvalue weighted by molar-refractivity contribution is 7.59. The maximum Gasteiger partial charge on any atom is 0.138 e. The number of fused-ring (bicyclic) bond motifs is 1. The van der Waals surface area contributed by atoms with E-state index in [1.54, 1.807) is 16.9 Å². The number of hydrogen-bond donors (Lipinski definition) is 1. The number of pyridine rings is 2. The fourth-order valence-corrected chi connectivity index (χ4v) is 5.43. The molecule has 3 aromatic rings. The molecule has 0 bridgehead atoms. The van der Waals surface area contributed by atoms with Crippen LogP contribution in [0.4, 0.5) is 5.82 Å². The molecule has 0 radical (unpaired) electrons. The molecule has 10 heteroatoms. The smallest absolute Gasteiger partial charge is 0.138 e. The number of hydrogen-bond acceptors (Lipinski definition) is 8. The zero-order valence-electron chi connectivity index (χ0n) is 22.0. The van der Waals surface area contributed by atoms with Crippen molar-refractivity contribution in [2.75, 3.05) is 57.8 Å². The van der Waals surface area contributed by atoms with Gasteiger partial charge in [-0.25, -0.2) is 9.50 Å². The number of ether oxygens (including phenoxy) is 1. The first-order chi connectivity index (χ1) is 17.4. The Kier molecular flexibility index (Phi) is 8.29. The van der Waals surface area contributed by atoms with Gasteiger partial charge in [-0.2, -0.15) is 23.9 Å². The Bertz CT molecular complexity index is 1250. The molecule has 0 aliphatic carbocycles. The van der Waals surface area contributed by atoms with Crippen LogP contribution in [0.2, 0.25) is 0 Å². The van der Waals surface area contributed by atoms with Crippen molar-refractivity contribution in [2.24, 2.45) is 5.73 Å². The topological polar surface area (TPSA) is 99.0 Å². The van der Waals surface area contributed by atoms with E-state index in [1.807, 2.05) is 19.2 Å². The van der Waals surface area contributed by atoms with Crippen LogP contribution in [0, 0.1) is 11.3 Å². The Hall–Kier alpha value is -2.84. The Balaban J connectivity index is 0.00000320. The molecular weight excluding hydrogens is 484 g/mol. The molecule has 0 amide bonds. The number of nitrogens with two attached hydrogens (primary N) is 1. The molecule has 1 atom stereocenters. The lowest BCUT2D eigenvalue weighted by molar-refractivity contribution is 0.0805. The second-order valence-corrected chi connectivity index (χ2v) is 10.3. The van der Waals surface area contributed by atoms with Crippen molar-refractivity contribution in [3.8, 4) is 22.9 Å². The molecule has 2 N–H and O–H groups in total. The standard InChI is InChI=1S/C27H36N8O.H2S/c1-4-36-23-13-24(26-22(14-28)16-31-35(26)18-23)21-5-6-25(30-15-21)34-9-7-27(29,8-10-34)19-33-12-11-32(3)20(2)17-33;/h5-6,13,15-16,18,20H,4,7-12,17,19,29H2,1-3H3;1H2/t20-;/m0./s1. The van der Waals surface area contributed by atoms with E-state index in [9.17, 15) is 5.26 Å². The zero-order valence-corrected chi connectivity index (χ0v) is 23.0. The maximum atomic E-state index is 9.58. The monoisotopic (exact) mass is 522 g/mol. The molecule has 198 valence electrons. The highest BCUT2D eigenvalue weighted by atomic mass is 32.1. The second-order valence-electron chi connectivity index (χ2n) is 10.3. The molecule has 0 aromatic carbocycles. The number of aromatic nitrogens is 3. The van der Waals surface area contributed by atoms with Crippen molar-refractivity contribution in [2.45, 2.75) is 38.3 Å². The van der Waals surface area contributed by atoms with Crippen LogP contribution in [0.15, 0.2) is 36.8 Å². The van der Waals surface area contributed by atoms with Crippen LogP contribution >= 0.6 is 13.5 Å². The van der Waals surface area contributed by atoms with Gasteiger partial charge in [0.15, 0.2) is 0 Å². The fraction of sp³-hybridized carbons (Fsp3) is 0.519. The van der Waals surface area contributed by atoms with E-state index in [4.69, 9.17) is 15.5 Å². The molecule has 0 spiro atoms. The first-order valence-electron chi connectivity index (χ1n) is 12.9. The lowest BCUT2D eigenvalue weighted by Crippen LogP contribution is -2.60. The van der Waals surface area contributed by atoms with E-state index >= 15 is 0 Å². The highest BCUT2D eigenvalue weighted by Gasteiger charge is 2.34. The molecule has 0 unspecified atom stereocenters. The van der Waals surface area contributed by atoms with Gasteiger partial charge in [0.25, 0.3) is 0 Å². The van der Waals surface area contributed by atoms with Crippen molar-refractivity contribution in [1.82, 2.24) is 24.4 Å². The first kappa shape index (κ1) is 27.2. The molecule has 2 fully saturated rings. The molecule has 2 saturated heterocycles. The largest absolute Gasteiger partial charge is 0.492 e. The summed E-state index contributed by atoms with van der Waals surface area (Å²) in [5.74, 6) is 1.67. The molecule has 5 heterocycles. The van der Waals surface area contributed by atoms with Gasteiger partial charge in [-0.05, 0) is 51.9 Å². The summed E-state index contributed by atoms with van der Waals surface area (Å²) in [7, 11) is 2.20. The van der Waals surface area contributed by atoms with Gasteiger partial charge >= 0.3 is 0 Å². The second kappa shape index (κ2) is 11.3. The van der Waals surface area contributed by atoms with Gasteiger partial charge in [-0.3, -0.25) is 4.90 Å². The van der Waals surface area contributed by atoms with Crippen LogP contribution < -0.4 is 15.4 Å². The van der Waals surface area contributed by atoms with Crippen molar-refractivity contribution < 1.29 is 4.74 Å². The van der Waals surface area contributed by atoms with E-state index in [-0.39, 0.29) is 19.0 Å². The minimum atomic E-state index is -0.146. The molecular formula is C27H38N8OS. The summed E-state index contributed by atoms with van der Waals surface area (Å²) in [5, 5.41) is 13.9. The normalized spacial score (nSPS) is 20.4. The van der Waals surface area contributed by atoms with E-state index in [0.717, 1.165) is 74.6 Å². The van der Waals surface area contributed by atoms with E-state index < -0.39 is 0 Å². The summed E-state index contributed by atoms with van der Waals surface area (Å²) in [6, 6.07) is 8.91. The predicted octanol–water partition coefficient (Wildman–Crippen LogP) is 2.71. The third-order valence-corrected chi connectivity index (χ3v) is 7.74. The van der Waals surface area contributed by atoms with Crippen LogP contribution in [-0.2, 0) is 0 Å². The molecule has 5 rings (SSSR count). The Morgan fingerprint density at radius 3 is 2.62 bits per heavy atom. The molecule has 2 aliphatic heterocycles. The minimum Gasteiger partial charge on any atom is -0.492 e. The van der Waals surface area contributed by atoms with Crippen LogP contribution in [0.1, 0.15) is 32.3 Å². The van der Waals surface area contributed by atoms with Crippen LogP contribution in [0.3, 0.4) is 0 Å². The summed E-state index contributed by atoms with van der Waals surface area (Å²) < 4.78 is 7.44. The van der Waals surface area contributed by atoms with Gasteiger partial charge in [-0.1, -0.05) is 0 Å². The third-order valence-electron chi connectivity index (χ3n) is 7.74. The SMILES string of the molecule is CCOc1cc(-c2ccc(N3CCC(N)(CN4CCN(C)[C@@H](C)C4)CC3)nc2)c2c(C#N)cnn2c1.S. The summed E-state index contributed by atoms with van der Waals surface area (Å²) in [6.07, 6.45) is 7.18. The van der Waals surface area contributed by atoms with Gasteiger partial charge in [0.2, 0.25) is 0 Å².